The zero-order chi connectivity index (χ0) is 12.8. The fourth-order valence-electron chi connectivity index (χ4n) is 2.33. The number of β-amino-alcohol motifs (C(OH)–C–C–N with tert-alkyl or cyclic N) is 1. The van der Waals surface area contributed by atoms with Crippen molar-refractivity contribution in [2.75, 3.05) is 51.3 Å². The Morgan fingerprint density at radius 1 is 1.33 bits per heavy atom. The van der Waals surface area contributed by atoms with Gasteiger partial charge in [-0.1, -0.05) is 0 Å². The molecular weight excluding hydrogens is 230 g/mol. The fraction of sp³-hybridized carbons (Fsp3) is 0.615. The molecule has 1 N–H and O–H groups in total. The summed E-state index contributed by atoms with van der Waals surface area (Å²) in [6.07, 6.45) is 2.88. The van der Waals surface area contributed by atoms with Crippen LogP contribution in [-0.4, -0.2) is 61.4 Å². The van der Waals surface area contributed by atoms with Gasteiger partial charge in [0.2, 0.25) is 0 Å². The zero-order valence-electron chi connectivity index (χ0n) is 10.9. The van der Waals surface area contributed by atoms with E-state index in [1.165, 1.54) is 0 Å². The molecule has 1 aromatic heterocycles. The van der Waals surface area contributed by atoms with Gasteiger partial charge in [-0.15, -0.1) is 0 Å². The van der Waals surface area contributed by atoms with Crippen LogP contribution in [0, 0.1) is 0 Å². The van der Waals surface area contributed by atoms with Gasteiger partial charge in [0.1, 0.15) is 0 Å². The molecule has 0 spiro atoms. The number of aliphatic hydroxyl groups is 1. The molecule has 0 aromatic carbocycles. The lowest BCUT2D eigenvalue weighted by molar-refractivity contribution is 0.204. The molecule has 0 aliphatic carbocycles. The number of hydrogen-bond acceptors (Lipinski definition) is 5. The average molecular weight is 251 g/mol. The van der Waals surface area contributed by atoms with Crippen LogP contribution in [0.1, 0.15) is 6.42 Å². The quantitative estimate of drug-likeness (QED) is 0.849. The SMILES string of the molecule is COc1cccnc1N1CCCN(CCO)CC1. The molecule has 0 bridgehead atoms. The Balaban J connectivity index is 2.05. The largest absolute Gasteiger partial charge is 0.493 e. The van der Waals surface area contributed by atoms with E-state index < -0.39 is 0 Å². The third-order valence-corrected chi connectivity index (χ3v) is 3.28. The molecule has 1 aliphatic rings. The molecular formula is C13H21N3O2. The fourth-order valence-corrected chi connectivity index (χ4v) is 2.33. The van der Waals surface area contributed by atoms with Crippen molar-refractivity contribution in [3.8, 4) is 5.75 Å². The van der Waals surface area contributed by atoms with Gasteiger partial charge in [0.15, 0.2) is 11.6 Å². The van der Waals surface area contributed by atoms with E-state index in [9.17, 15) is 0 Å². The highest BCUT2D eigenvalue weighted by atomic mass is 16.5. The Kier molecular flexibility index (Phi) is 4.78. The second kappa shape index (κ2) is 6.56. The highest BCUT2D eigenvalue weighted by molar-refractivity contribution is 5.52. The van der Waals surface area contributed by atoms with Gasteiger partial charge in [0.05, 0.1) is 13.7 Å². The van der Waals surface area contributed by atoms with Crippen molar-refractivity contribution in [3.63, 3.8) is 0 Å². The van der Waals surface area contributed by atoms with Crippen molar-refractivity contribution >= 4 is 5.82 Å². The molecule has 0 saturated carbocycles. The molecule has 1 aromatic rings. The Morgan fingerprint density at radius 3 is 3.00 bits per heavy atom. The number of aliphatic hydroxyl groups excluding tert-OH is 1. The molecule has 100 valence electrons. The van der Waals surface area contributed by atoms with E-state index >= 15 is 0 Å². The maximum absolute atomic E-state index is 8.99. The summed E-state index contributed by atoms with van der Waals surface area (Å²) in [6.45, 7) is 4.88. The van der Waals surface area contributed by atoms with Gasteiger partial charge < -0.3 is 14.7 Å². The zero-order valence-corrected chi connectivity index (χ0v) is 10.9. The van der Waals surface area contributed by atoms with Gasteiger partial charge >= 0.3 is 0 Å². The van der Waals surface area contributed by atoms with Crippen LogP contribution in [0.4, 0.5) is 5.82 Å². The van der Waals surface area contributed by atoms with Crippen molar-refractivity contribution in [1.29, 1.82) is 0 Å². The number of anilines is 1. The number of methoxy groups -OCH3 is 1. The first-order valence-corrected chi connectivity index (χ1v) is 6.42. The second-order valence-corrected chi connectivity index (χ2v) is 4.44. The van der Waals surface area contributed by atoms with Gasteiger partial charge in [-0.3, -0.25) is 4.90 Å². The molecule has 5 nitrogen and oxygen atoms in total. The standard InChI is InChI=1S/C13H21N3O2/c1-18-12-4-2-5-14-13(12)16-7-3-6-15(8-9-16)10-11-17/h2,4-5,17H,3,6-11H2,1H3. The van der Waals surface area contributed by atoms with E-state index in [1.807, 2.05) is 12.1 Å². The number of ether oxygens (including phenoxy) is 1. The number of pyridine rings is 1. The molecule has 0 radical (unpaired) electrons. The van der Waals surface area contributed by atoms with Crippen LogP contribution in [0.5, 0.6) is 5.75 Å². The molecule has 0 atom stereocenters. The van der Waals surface area contributed by atoms with E-state index in [1.54, 1.807) is 13.3 Å². The first-order chi connectivity index (χ1) is 8.85. The van der Waals surface area contributed by atoms with Crippen molar-refractivity contribution < 1.29 is 9.84 Å². The molecule has 5 heteroatoms. The summed E-state index contributed by atoms with van der Waals surface area (Å²) in [4.78, 5) is 8.97. The summed E-state index contributed by atoms with van der Waals surface area (Å²) in [6, 6.07) is 3.83. The predicted molar refractivity (Wildman–Crippen MR) is 71.1 cm³/mol. The molecule has 0 unspecified atom stereocenters. The van der Waals surface area contributed by atoms with Crippen molar-refractivity contribution in [2.45, 2.75) is 6.42 Å². The van der Waals surface area contributed by atoms with Gasteiger partial charge in [0.25, 0.3) is 0 Å². The summed E-state index contributed by atoms with van der Waals surface area (Å²) in [5.41, 5.74) is 0. The van der Waals surface area contributed by atoms with Crippen LogP contribution in [0.3, 0.4) is 0 Å². The van der Waals surface area contributed by atoms with Crippen LogP contribution >= 0.6 is 0 Å². The lowest BCUT2D eigenvalue weighted by Gasteiger charge is -2.23. The van der Waals surface area contributed by atoms with Crippen LogP contribution in [0.2, 0.25) is 0 Å². The maximum atomic E-state index is 8.99. The summed E-state index contributed by atoms with van der Waals surface area (Å²) in [7, 11) is 1.68. The molecule has 2 heterocycles. The minimum atomic E-state index is 0.229. The molecule has 1 saturated heterocycles. The summed E-state index contributed by atoms with van der Waals surface area (Å²) < 4.78 is 5.36. The first-order valence-electron chi connectivity index (χ1n) is 6.42. The summed E-state index contributed by atoms with van der Waals surface area (Å²) in [5, 5.41) is 8.99. The molecule has 2 rings (SSSR count). The van der Waals surface area contributed by atoms with Crippen LogP contribution in [-0.2, 0) is 0 Å². The number of aromatic nitrogens is 1. The molecule has 1 aliphatic heterocycles. The highest BCUT2D eigenvalue weighted by Gasteiger charge is 2.18. The van der Waals surface area contributed by atoms with Crippen LogP contribution in [0.25, 0.3) is 0 Å². The van der Waals surface area contributed by atoms with Crippen molar-refractivity contribution in [3.05, 3.63) is 18.3 Å². The van der Waals surface area contributed by atoms with E-state index in [0.29, 0.717) is 0 Å². The third kappa shape index (κ3) is 3.11. The number of rotatable bonds is 4. The van der Waals surface area contributed by atoms with Crippen molar-refractivity contribution in [1.82, 2.24) is 9.88 Å². The first kappa shape index (κ1) is 13.1. The summed E-state index contributed by atoms with van der Waals surface area (Å²) >= 11 is 0. The Labute approximate surface area is 108 Å². The minimum Gasteiger partial charge on any atom is -0.493 e. The highest BCUT2D eigenvalue weighted by Crippen LogP contribution is 2.25. The van der Waals surface area contributed by atoms with Gasteiger partial charge in [0, 0.05) is 32.4 Å². The van der Waals surface area contributed by atoms with Crippen LogP contribution < -0.4 is 9.64 Å². The summed E-state index contributed by atoms with van der Waals surface area (Å²) in [5.74, 6) is 1.75. The lowest BCUT2D eigenvalue weighted by Crippen LogP contribution is -2.32. The smallest absolute Gasteiger partial charge is 0.171 e. The number of hydrogen-bond donors (Lipinski definition) is 1. The van der Waals surface area contributed by atoms with E-state index in [-0.39, 0.29) is 6.61 Å². The number of nitrogens with zero attached hydrogens (tertiary/aromatic N) is 3. The van der Waals surface area contributed by atoms with Gasteiger partial charge in [-0.05, 0) is 25.1 Å². The van der Waals surface area contributed by atoms with E-state index in [0.717, 1.165) is 50.7 Å². The van der Waals surface area contributed by atoms with Gasteiger partial charge in [-0.25, -0.2) is 4.98 Å². The monoisotopic (exact) mass is 251 g/mol. The predicted octanol–water partition coefficient (Wildman–Crippen LogP) is 0.595. The Hall–Kier alpha value is -1.33. The molecule has 0 amide bonds. The van der Waals surface area contributed by atoms with E-state index in [2.05, 4.69) is 14.8 Å². The Morgan fingerprint density at radius 2 is 2.22 bits per heavy atom. The Bertz CT molecular complexity index is 373. The van der Waals surface area contributed by atoms with Crippen LogP contribution in [0.15, 0.2) is 18.3 Å². The topological polar surface area (TPSA) is 48.8 Å². The van der Waals surface area contributed by atoms with E-state index in [4.69, 9.17) is 9.84 Å². The molecule has 18 heavy (non-hydrogen) atoms. The van der Waals surface area contributed by atoms with Crippen molar-refractivity contribution in [2.24, 2.45) is 0 Å². The third-order valence-electron chi connectivity index (χ3n) is 3.28. The maximum Gasteiger partial charge on any atom is 0.171 e. The normalized spacial score (nSPS) is 17.6. The average Bonchev–Trinajstić information content (AvgIpc) is 2.65. The lowest BCUT2D eigenvalue weighted by atomic mass is 10.3. The molecule has 1 fully saturated rings. The van der Waals surface area contributed by atoms with Gasteiger partial charge in [-0.2, -0.15) is 0 Å². The minimum absolute atomic E-state index is 0.229. The second-order valence-electron chi connectivity index (χ2n) is 4.44.